The summed E-state index contributed by atoms with van der Waals surface area (Å²) in [6, 6.07) is -0.191. The van der Waals surface area contributed by atoms with Crippen molar-refractivity contribution < 1.29 is 4.79 Å². The first kappa shape index (κ1) is 17.4. The van der Waals surface area contributed by atoms with Crippen LogP contribution in [0.4, 0.5) is 4.79 Å². The van der Waals surface area contributed by atoms with Crippen molar-refractivity contribution in [2.75, 3.05) is 6.54 Å². The third-order valence-corrected chi connectivity index (χ3v) is 4.41. The van der Waals surface area contributed by atoms with E-state index in [1.54, 1.807) is 0 Å². The minimum Gasteiger partial charge on any atom is -0.337 e. The van der Waals surface area contributed by atoms with Crippen LogP contribution in [0.5, 0.6) is 0 Å². The number of rotatable bonds is 4. The maximum absolute atomic E-state index is 12.2. The van der Waals surface area contributed by atoms with Crippen molar-refractivity contribution in [3.8, 4) is 0 Å². The molecule has 0 aromatic carbocycles. The highest BCUT2D eigenvalue weighted by molar-refractivity contribution is 5.73. The molecule has 0 unspecified atom stereocenters. The Bertz CT molecular complexity index is 741. The number of aromatic nitrogens is 5. The van der Waals surface area contributed by atoms with Gasteiger partial charge in [0.15, 0.2) is 0 Å². The van der Waals surface area contributed by atoms with E-state index in [4.69, 9.17) is 0 Å². The van der Waals surface area contributed by atoms with Crippen molar-refractivity contribution in [3.05, 3.63) is 29.9 Å². The molecule has 0 bridgehead atoms. The number of nitrogens with one attached hydrogen (secondary N) is 2. The van der Waals surface area contributed by atoms with E-state index in [0.717, 1.165) is 36.7 Å². The standard InChI is InChI=1S/C17H27N7O/c1-12-10-23-7-5-6-13(15(23)22-12)8-18-16(25)19-9-14-20-11-21-24(14)17(2,3)4/h10-11,13H,5-9H2,1-4H3,(H2,18,19,25)/t13-/m1/s1. The van der Waals surface area contributed by atoms with Gasteiger partial charge >= 0.3 is 6.03 Å². The second-order valence-corrected chi connectivity index (χ2v) is 7.60. The van der Waals surface area contributed by atoms with Crippen LogP contribution in [0.25, 0.3) is 0 Å². The normalized spacial score (nSPS) is 17.2. The number of nitrogens with zero attached hydrogens (tertiary/aromatic N) is 5. The van der Waals surface area contributed by atoms with E-state index in [1.165, 1.54) is 6.33 Å². The van der Waals surface area contributed by atoms with Gasteiger partial charge in [0, 0.05) is 25.2 Å². The highest BCUT2D eigenvalue weighted by Gasteiger charge is 2.23. The van der Waals surface area contributed by atoms with E-state index in [1.807, 2.05) is 11.6 Å². The number of imidazole rings is 1. The van der Waals surface area contributed by atoms with Crippen molar-refractivity contribution in [2.24, 2.45) is 0 Å². The third-order valence-electron chi connectivity index (χ3n) is 4.41. The minimum absolute atomic E-state index is 0.166. The lowest BCUT2D eigenvalue weighted by Crippen LogP contribution is -2.39. The van der Waals surface area contributed by atoms with Gasteiger partial charge in [-0.25, -0.2) is 19.4 Å². The summed E-state index contributed by atoms with van der Waals surface area (Å²) in [5.74, 6) is 2.09. The van der Waals surface area contributed by atoms with E-state index in [9.17, 15) is 4.79 Å². The van der Waals surface area contributed by atoms with Crippen LogP contribution in [-0.4, -0.2) is 36.9 Å². The molecular formula is C17H27N7O. The Labute approximate surface area is 148 Å². The molecule has 0 spiro atoms. The van der Waals surface area contributed by atoms with Crippen LogP contribution in [0.15, 0.2) is 12.5 Å². The average molecular weight is 345 g/mol. The second kappa shape index (κ2) is 6.85. The first-order chi connectivity index (χ1) is 11.8. The summed E-state index contributed by atoms with van der Waals surface area (Å²) in [4.78, 5) is 21.0. The maximum Gasteiger partial charge on any atom is 0.315 e. The smallest absolute Gasteiger partial charge is 0.315 e. The van der Waals surface area contributed by atoms with Crippen LogP contribution in [0.3, 0.4) is 0 Å². The zero-order chi connectivity index (χ0) is 18.0. The molecule has 8 nitrogen and oxygen atoms in total. The summed E-state index contributed by atoms with van der Waals surface area (Å²) in [6.45, 7) is 10.1. The fraction of sp³-hybridized carbons (Fsp3) is 0.647. The zero-order valence-corrected chi connectivity index (χ0v) is 15.4. The second-order valence-electron chi connectivity index (χ2n) is 7.60. The SMILES string of the molecule is Cc1cn2c(n1)[C@@H](CNC(=O)NCc1ncnn1C(C)(C)C)CCC2. The highest BCUT2D eigenvalue weighted by Crippen LogP contribution is 2.25. The largest absolute Gasteiger partial charge is 0.337 e. The Balaban J connectivity index is 1.52. The van der Waals surface area contributed by atoms with Gasteiger partial charge < -0.3 is 15.2 Å². The van der Waals surface area contributed by atoms with Crippen molar-refractivity contribution >= 4 is 6.03 Å². The van der Waals surface area contributed by atoms with Gasteiger partial charge in [-0.15, -0.1) is 0 Å². The molecule has 3 heterocycles. The molecule has 2 amide bonds. The molecule has 2 aromatic rings. The first-order valence-electron chi connectivity index (χ1n) is 8.79. The van der Waals surface area contributed by atoms with Crippen LogP contribution in [0.1, 0.15) is 56.9 Å². The number of amides is 2. The monoisotopic (exact) mass is 345 g/mol. The molecule has 3 rings (SSSR count). The zero-order valence-electron chi connectivity index (χ0n) is 15.4. The summed E-state index contributed by atoms with van der Waals surface area (Å²) in [5, 5.41) is 10.1. The molecule has 0 saturated heterocycles. The Kier molecular flexibility index (Phi) is 4.78. The lowest BCUT2D eigenvalue weighted by atomic mass is 9.99. The molecule has 25 heavy (non-hydrogen) atoms. The topological polar surface area (TPSA) is 89.7 Å². The molecule has 1 aliphatic rings. The van der Waals surface area contributed by atoms with Crippen LogP contribution >= 0.6 is 0 Å². The first-order valence-corrected chi connectivity index (χ1v) is 8.79. The van der Waals surface area contributed by atoms with E-state index in [0.29, 0.717) is 13.1 Å². The molecule has 2 N–H and O–H groups in total. The lowest BCUT2D eigenvalue weighted by Gasteiger charge is -2.24. The molecule has 0 radical (unpaired) electrons. The summed E-state index contributed by atoms with van der Waals surface area (Å²) in [6.07, 6.45) is 5.77. The van der Waals surface area contributed by atoms with Crippen molar-refractivity contribution in [1.82, 2.24) is 34.9 Å². The van der Waals surface area contributed by atoms with Crippen molar-refractivity contribution in [2.45, 2.75) is 65.1 Å². The van der Waals surface area contributed by atoms with Crippen molar-refractivity contribution in [1.29, 1.82) is 0 Å². The molecule has 2 aromatic heterocycles. The fourth-order valence-electron chi connectivity index (χ4n) is 3.28. The number of carbonyl (C=O) groups is 1. The molecule has 1 atom stereocenters. The summed E-state index contributed by atoms with van der Waals surface area (Å²) < 4.78 is 4.03. The summed E-state index contributed by atoms with van der Waals surface area (Å²) in [5.41, 5.74) is 0.869. The Morgan fingerprint density at radius 1 is 1.36 bits per heavy atom. The predicted molar refractivity (Wildman–Crippen MR) is 94.2 cm³/mol. The van der Waals surface area contributed by atoms with Gasteiger partial charge in [-0.1, -0.05) is 0 Å². The maximum atomic E-state index is 12.2. The number of hydrogen-bond acceptors (Lipinski definition) is 4. The van der Waals surface area contributed by atoms with Crippen molar-refractivity contribution in [3.63, 3.8) is 0 Å². The molecule has 0 fully saturated rings. The van der Waals surface area contributed by atoms with E-state index >= 15 is 0 Å². The van der Waals surface area contributed by atoms with Gasteiger partial charge in [-0.2, -0.15) is 5.10 Å². The van der Waals surface area contributed by atoms with Gasteiger partial charge in [0.25, 0.3) is 0 Å². The predicted octanol–water partition coefficient (Wildman–Crippen LogP) is 1.91. The summed E-state index contributed by atoms with van der Waals surface area (Å²) in [7, 11) is 0. The average Bonchev–Trinajstić information content (AvgIpc) is 3.15. The Morgan fingerprint density at radius 3 is 2.92 bits per heavy atom. The van der Waals surface area contributed by atoms with Crippen LogP contribution in [0.2, 0.25) is 0 Å². The molecular weight excluding hydrogens is 318 g/mol. The van der Waals surface area contributed by atoms with Gasteiger partial charge in [0.1, 0.15) is 18.0 Å². The van der Waals surface area contributed by atoms with Gasteiger partial charge in [-0.3, -0.25) is 0 Å². The van der Waals surface area contributed by atoms with Crippen LogP contribution in [0, 0.1) is 6.92 Å². The van der Waals surface area contributed by atoms with Crippen LogP contribution < -0.4 is 10.6 Å². The number of aryl methyl sites for hydroxylation is 2. The fourth-order valence-corrected chi connectivity index (χ4v) is 3.28. The molecule has 136 valence electrons. The highest BCUT2D eigenvalue weighted by atomic mass is 16.2. The van der Waals surface area contributed by atoms with E-state index < -0.39 is 0 Å². The van der Waals surface area contributed by atoms with E-state index in [2.05, 4.69) is 57.2 Å². The van der Waals surface area contributed by atoms with E-state index in [-0.39, 0.29) is 17.5 Å². The Morgan fingerprint density at radius 2 is 2.16 bits per heavy atom. The number of urea groups is 1. The van der Waals surface area contributed by atoms with Gasteiger partial charge in [0.05, 0.1) is 17.8 Å². The number of fused-ring (bicyclic) bond motifs is 1. The quantitative estimate of drug-likeness (QED) is 0.886. The number of carbonyl (C=O) groups excluding carboxylic acids is 1. The van der Waals surface area contributed by atoms with Crippen LogP contribution in [-0.2, 0) is 18.6 Å². The summed E-state index contributed by atoms with van der Waals surface area (Å²) >= 11 is 0. The molecule has 0 aliphatic carbocycles. The molecule has 1 aliphatic heterocycles. The Hall–Kier alpha value is -2.38. The molecule has 8 heteroatoms. The minimum atomic E-state index is -0.191. The molecule has 0 saturated carbocycles. The van der Waals surface area contributed by atoms with Gasteiger partial charge in [-0.05, 0) is 40.5 Å². The number of hydrogen-bond donors (Lipinski definition) is 2. The third kappa shape index (κ3) is 4.00. The lowest BCUT2D eigenvalue weighted by molar-refractivity contribution is 0.237. The van der Waals surface area contributed by atoms with Gasteiger partial charge in [0.2, 0.25) is 0 Å².